The second-order valence-corrected chi connectivity index (χ2v) is 5.55. The minimum atomic E-state index is -1.01. The van der Waals surface area contributed by atoms with Crippen LogP contribution in [-0.2, 0) is 10.3 Å². The fourth-order valence-electron chi connectivity index (χ4n) is 2.04. The van der Waals surface area contributed by atoms with Gasteiger partial charge in [-0.05, 0) is 44.5 Å². The van der Waals surface area contributed by atoms with E-state index in [1.54, 1.807) is 50.4 Å². The van der Waals surface area contributed by atoms with Gasteiger partial charge in [-0.1, -0.05) is 12.1 Å². The third kappa shape index (κ3) is 3.13. The van der Waals surface area contributed by atoms with E-state index < -0.39 is 5.54 Å². The van der Waals surface area contributed by atoms with Crippen molar-refractivity contribution in [2.24, 2.45) is 0 Å². The molecule has 3 N–H and O–H groups in total. The molecule has 0 radical (unpaired) electrons. The Kier molecular flexibility index (Phi) is 3.84. The van der Waals surface area contributed by atoms with Crippen molar-refractivity contribution < 1.29 is 4.79 Å². The van der Waals surface area contributed by atoms with Crippen LogP contribution in [0.1, 0.15) is 19.4 Å². The Morgan fingerprint density at radius 2 is 1.95 bits per heavy atom. The summed E-state index contributed by atoms with van der Waals surface area (Å²) in [6.45, 7) is 5.28. The summed E-state index contributed by atoms with van der Waals surface area (Å²) in [7, 11) is 0. The van der Waals surface area contributed by atoms with Crippen LogP contribution in [0.5, 0.6) is 0 Å². The van der Waals surface area contributed by atoms with Gasteiger partial charge in [0.15, 0.2) is 0 Å². The van der Waals surface area contributed by atoms with Crippen LogP contribution in [0, 0.1) is 6.92 Å². The number of aromatic nitrogens is 1. The van der Waals surface area contributed by atoms with Crippen LogP contribution in [0.2, 0.25) is 0 Å². The number of anilines is 2. The molecule has 0 unspecified atom stereocenters. The van der Waals surface area contributed by atoms with E-state index in [1.165, 1.54) is 10.6 Å². The SMILES string of the molecule is Cc1ccc(=O)n(C(C)(C)C(=O)Nc2cccc(N)c2)c1. The molecule has 0 aliphatic carbocycles. The smallest absolute Gasteiger partial charge is 0.251 e. The molecule has 0 saturated carbocycles. The first-order valence-corrected chi connectivity index (χ1v) is 6.67. The molecule has 110 valence electrons. The monoisotopic (exact) mass is 285 g/mol. The maximum atomic E-state index is 12.5. The Hall–Kier alpha value is -2.56. The predicted octanol–water partition coefficient (Wildman–Crippen LogP) is 2.11. The Balaban J connectivity index is 2.32. The molecule has 2 aromatic rings. The second-order valence-electron chi connectivity index (χ2n) is 5.55. The van der Waals surface area contributed by atoms with Gasteiger partial charge in [0.25, 0.3) is 5.56 Å². The van der Waals surface area contributed by atoms with Gasteiger partial charge in [-0.25, -0.2) is 0 Å². The lowest BCUT2D eigenvalue weighted by Crippen LogP contribution is -2.45. The number of nitrogens with one attached hydrogen (secondary N) is 1. The Morgan fingerprint density at radius 3 is 2.62 bits per heavy atom. The van der Waals surface area contributed by atoms with Crippen molar-refractivity contribution >= 4 is 17.3 Å². The van der Waals surface area contributed by atoms with E-state index in [1.807, 2.05) is 6.92 Å². The fourth-order valence-corrected chi connectivity index (χ4v) is 2.04. The number of aryl methyl sites for hydroxylation is 1. The van der Waals surface area contributed by atoms with E-state index in [0.29, 0.717) is 11.4 Å². The van der Waals surface area contributed by atoms with Crippen LogP contribution in [0.3, 0.4) is 0 Å². The number of nitrogens with zero attached hydrogens (tertiary/aromatic N) is 1. The largest absolute Gasteiger partial charge is 0.399 e. The molecule has 5 nitrogen and oxygen atoms in total. The summed E-state index contributed by atoms with van der Waals surface area (Å²) in [6, 6.07) is 10.1. The highest BCUT2D eigenvalue weighted by Crippen LogP contribution is 2.18. The summed E-state index contributed by atoms with van der Waals surface area (Å²) < 4.78 is 1.43. The quantitative estimate of drug-likeness (QED) is 0.848. The molecule has 1 amide bonds. The summed E-state index contributed by atoms with van der Waals surface area (Å²) in [4.78, 5) is 24.5. The van der Waals surface area contributed by atoms with Gasteiger partial charge in [-0.15, -0.1) is 0 Å². The first-order valence-electron chi connectivity index (χ1n) is 6.67. The van der Waals surface area contributed by atoms with Gasteiger partial charge in [0, 0.05) is 23.6 Å². The first kappa shape index (κ1) is 14.8. The Morgan fingerprint density at radius 1 is 1.24 bits per heavy atom. The summed E-state index contributed by atoms with van der Waals surface area (Å²) in [5.74, 6) is -0.277. The van der Waals surface area contributed by atoms with E-state index in [4.69, 9.17) is 5.73 Å². The maximum absolute atomic E-state index is 12.5. The highest BCUT2D eigenvalue weighted by Gasteiger charge is 2.30. The Bertz CT molecular complexity index is 732. The van der Waals surface area contributed by atoms with Crippen molar-refractivity contribution in [1.82, 2.24) is 4.57 Å². The number of rotatable bonds is 3. The van der Waals surface area contributed by atoms with Gasteiger partial charge < -0.3 is 15.6 Å². The van der Waals surface area contributed by atoms with E-state index in [0.717, 1.165) is 5.56 Å². The number of carbonyl (C=O) groups is 1. The lowest BCUT2D eigenvalue weighted by atomic mass is 10.0. The average molecular weight is 285 g/mol. The number of benzene rings is 1. The van der Waals surface area contributed by atoms with Crippen LogP contribution < -0.4 is 16.6 Å². The number of nitrogen functional groups attached to an aromatic ring is 1. The molecule has 5 heteroatoms. The molecule has 0 atom stereocenters. The molecule has 1 aromatic heterocycles. The fraction of sp³-hybridized carbons (Fsp3) is 0.250. The van der Waals surface area contributed by atoms with Crippen LogP contribution in [0.15, 0.2) is 47.4 Å². The zero-order valence-electron chi connectivity index (χ0n) is 12.4. The van der Waals surface area contributed by atoms with Gasteiger partial charge in [-0.2, -0.15) is 0 Å². The predicted molar refractivity (Wildman–Crippen MR) is 84.2 cm³/mol. The first-order chi connectivity index (χ1) is 9.80. The normalized spacial score (nSPS) is 11.2. The van der Waals surface area contributed by atoms with Crippen LogP contribution >= 0.6 is 0 Å². The van der Waals surface area contributed by atoms with Crippen molar-refractivity contribution in [3.8, 4) is 0 Å². The minimum absolute atomic E-state index is 0.215. The molecular formula is C16H19N3O2. The van der Waals surface area contributed by atoms with Crippen molar-refractivity contribution in [3.05, 3.63) is 58.5 Å². The van der Waals surface area contributed by atoms with E-state index >= 15 is 0 Å². The standard InChI is InChI=1S/C16H19N3O2/c1-11-7-8-14(20)19(10-11)16(2,3)15(21)18-13-6-4-5-12(17)9-13/h4-10H,17H2,1-3H3,(H,18,21). The van der Waals surface area contributed by atoms with Crippen molar-refractivity contribution in [2.75, 3.05) is 11.1 Å². The molecule has 0 bridgehead atoms. The molecule has 0 aliphatic heterocycles. The highest BCUT2D eigenvalue weighted by atomic mass is 16.2. The number of hydrogen-bond acceptors (Lipinski definition) is 3. The topological polar surface area (TPSA) is 77.1 Å². The summed E-state index contributed by atoms with van der Waals surface area (Å²) in [6.07, 6.45) is 1.68. The van der Waals surface area contributed by atoms with E-state index in [-0.39, 0.29) is 11.5 Å². The maximum Gasteiger partial charge on any atom is 0.251 e. The number of hydrogen-bond donors (Lipinski definition) is 2. The molecule has 1 aromatic carbocycles. The molecule has 0 spiro atoms. The van der Waals surface area contributed by atoms with Gasteiger partial charge in [0.2, 0.25) is 5.91 Å². The third-order valence-corrected chi connectivity index (χ3v) is 3.36. The van der Waals surface area contributed by atoms with Crippen molar-refractivity contribution in [2.45, 2.75) is 26.3 Å². The number of carbonyl (C=O) groups excluding carboxylic acids is 1. The number of pyridine rings is 1. The molecule has 0 fully saturated rings. The van der Waals surface area contributed by atoms with Gasteiger partial charge in [0.1, 0.15) is 5.54 Å². The van der Waals surface area contributed by atoms with Crippen molar-refractivity contribution in [1.29, 1.82) is 0 Å². The zero-order chi connectivity index (χ0) is 15.6. The average Bonchev–Trinajstić information content (AvgIpc) is 2.41. The van der Waals surface area contributed by atoms with Crippen LogP contribution in [0.25, 0.3) is 0 Å². The zero-order valence-corrected chi connectivity index (χ0v) is 12.4. The van der Waals surface area contributed by atoms with Crippen LogP contribution in [-0.4, -0.2) is 10.5 Å². The third-order valence-electron chi connectivity index (χ3n) is 3.36. The summed E-state index contributed by atoms with van der Waals surface area (Å²) >= 11 is 0. The summed E-state index contributed by atoms with van der Waals surface area (Å²) in [5.41, 5.74) is 6.56. The highest BCUT2D eigenvalue weighted by molar-refractivity contribution is 5.96. The Labute approximate surface area is 123 Å². The second kappa shape index (κ2) is 5.44. The van der Waals surface area contributed by atoms with Gasteiger partial charge in [0.05, 0.1) is 0 Å². The summed E-state index contributed by atoms with van der Waals surface area (Å²) in [5, 5.41) is 2.79. The molecule has 1 heterocycles. The molecule has 2 rings (SSSR count). The van der Waals surface area contributed by atoms with Gasteiger partial charge >= 0.3 is 0 Å². The molecule has 0 aliphatic rings. The lowest BCUT2D eigenvalue weighted by Gasteiger charge is -2.26. The number of nitrogens with two attached hydrogens (primary N) is 1. The van der Waals surface area contributed by atoms with Crippen molar-refractivity contribution in [3.63, 3.8) is 0 Å². The molecular weight excluding hydrogens is 266 g/mol. The molecule has 21 heavy (non-hydrogen) atoms. The molecule has 0 saturated heterocycles. The lowest BCUT2D eigenvalue weighted by molar-refractivity contribution is -0.123. The van der Waals surface area contributed by atoms with E-state index in [2.05, 4.69) is 5.32 Å². The van der Waals surface area contributed by atoms with Crippen LogP contribution in [0.4, 0.5) is 11.4 Å². The van der Waals surface area contributed by atoms with Gasteiger partial charge in [-0.3, -0.25) is 9.59 Å². The van der Waals surface area contributed by atoms with E-state index in [9.17, 15) is 9.59 Å². The number of amides is 1. The minimum Gasteiger partial charge on any atom is -0.399 e.